The highest BCUT2D eigenvalue weighted by Gasteiger charge is 2.24. The third-order valence-corrected chi connectivity index (χ3v) is 3.13. The Morgan fingerprint density at radius 3 is 2.68 bits per heavy atom. The Morgan fingerprint density at radius 1 is 1.42 bits per heavy atom. The SMILES string of the molecule is Cc1ccc(C(=O)N(C)CC(=O)NC2CC2)cc1O. The first-order chi connectivity index (χ1) is 8.97. The lowest BCUT2D eigenvalue weighted by atomic mass is 10.1. The summed E-state index contributed by atoms with van der Waals surface area (Å²) in [6.45, 7) is 1.79. The molecule has 2 rings (SSSR count). The lowest BCUT2D eigenvalue weighted by Gasteiger charge is -2.17. The summed E-state index contributed by atoms with van der Waals surface area (Å²) in [6.07, 6.45) is 2.05. The van der Waals surface area contributed by atoms with Crippen molar-refractivity contribution >= 4 is 11.8 Å². The summed E-state index contributed by atoms with van der Waals surface area (Å²) in [7, 11) is 1.58. The minimum atomic E-state index is -0.277. The number of likely N-dealkylation sites (N-methyl/N-ethyl adjacent to an activating group) is 1. The topological polar surface area (TPSA) is 69.6 Å². The molecule has 0 aromatic heterocycles. The van der Waals surface area contributed by atoms with Gasteiger partial charge in [0.15, 0.2) is 0 Å². The Labute approximate surface area is 112 Å². The van der Waals surface area contributed by atoms with Crippen LogP contribution in [0.3, 0.4) is 0 Å². The number of hydrogen-bond acceptors (Lipinski definition) is 3. The predicted molar refractivity (Wildman–Crippen MR) is 71.0 cm³/mol. The second kappa shape index (κ2) is 5.30. The van der Waals surface area contributed by atoms with Gasteiger partial charge < -0.3 is 15.3 Å². The number of benzene rings is 1. The molecule has 0 aliphatic heterocycles. The molecule has 1 aliphatic rings. The molecule has 19 heavy (non-hydrogen) atoms. The fourth-order valence-electron chi connectivity index (χ4n) is 1.75. The maximum atomic E-state index is 12.1. The van der Waals surface area contributed by atoms with Crippen LogP contribution in [0.2, 0.25) is 0 Å². The molecule has 102 valence electrons. The number of aromatic hydroxyl groups is 1. The van der Waals surface area contributed by atoms with Crippen molar-refractivity contribution in [3.63, 3.8) is 0 Å². The van der Waals surface area contributed by atoms with Gasteiger partial charge in [-0.25, -0.2) is 0 Å². The van der Waals surface area contributed by atoms with Gasteiger partial charge in [-0.3, -0.25) is 9.59 Å². The van der Waals surface area contributed by atoms with Gasteiger partial charge in [0.2, 0.25) is 5.91 Å². The van der Waals surface area contributed by atoms with Crippen LogP contribution in [0.4, 0.5) is 0 Å². The molecule has 1 aliphatic carbocycles. The Bertz CT molecular complexity index is 509. The van der Waals surface area contributed by atoms with Crippen LogP contribution in [-0.2, 0) is 4.79 Å². The largest absolute Gasteiger partial charge is 0.508 e. The molecule has 2 N–H and O–H groups in total. The van der Waals surface area contributed by atoms with Crippen molar-refractivity contribution in [3.8, 4) is 5.75 Å². The second-order valence-electron chi connectivity index (χ2n) is 5.00. The first-order valence-corrected chi connectivity index (χ1v) is 6.32. The molecule has 1 aromatic rings. The minimum absolute atomic E-state index is 0.0317. The summed E-state index contributed by atoms with van der Waals surface area (Å²) in [5.41, 5.74) is 1.09. The monoisotopic (exact) mass is 262 g/mol. The van der Waals surface area contributed by atoms with E-state index in [-0.39, 0.29) is 24.1 Å². The fourth-order valence-corrected chi connectivity index (χ4v) is 1.75. The zero-order valence-electron chi connectivity index (χ0n) is 11.1. The highest BCUT2D eigenvalue weighted by molar-refractivity contribution is 5.96. The minimum Gasteiger partial charge on any atom is -0.508 e. The smallest absolute Gasteiger partial charge is 0.254 e. The highest BCUT2D eigenvalue weighted by Crippen LogP contribution is 2.19. The van der Waals surface area contributed by atoms with Gasteiger partial charge in [-0.05, 0) is 37.5 Å². The molecule has 0 spiro atoms. The zero-order valence-corrected chi connectivity index (χ0v) is 11.1. The van der Waals surface area contributed by atoms with Crippen molar-refractivity contribution in [1.82, 2.24) is 10.2 Å². The van der Waals surface area contributed by atoms with Crippen LogP contribution in [0.5, 0.6) is 5.75 Å². The average molecular weight is 262 g/mol. The van der Waals surface area contributed by atoms with Crippen LogP contribution < -0.4 is 5.32 Å². The van der Waals surface area contributed by atoms with E-state index >= 15 is 0 Å². The van der Waals surface area contributed by atoms with Crippen LogP contribution in [0.1, 0.15) is 28.8 Å². The Hall–Kier alpha value is -2.04. The van der Waals surface area contributed by atoms with Gasteiger partial charge in [0.05, 0.1) is 6.54 Å². The molecule has 0 atom stereocenters. The molecule has 0 unspecified atom stereocenters. The van der Waals surface area contributed by atoms with Crippen molar-refractivity contribution in [2.75, 3.05) is 13.6 Å². The van der Waals surface area contributed by atoms with Crippen molar-refractivity contribution in [3.05, 3.63) is 29.3 Å². The summed E-state index contributed by atoms with van der Waals surface area (Å²) in [4.78, 5) is 25.0. The van der Waals surface area contributed by atoms with Crippen molar-refractivity contribution < 1.29 is 14.7 Å². The van der Waals surface area contributed by atoms with E-state index in [4.69, 9.17) is 0 Å². The van der Waals surface area contributed by atoms with Crippen LogP contribution in [0.15, 0.2) is 18.2 Å². The first-order valence-electron chi connectivity index (χ1n) is 6.32. The molecule has 1 fully saturated rings. The molecule has 0 radical (unpaired) electrons. The summed E-state index contributed by atoms with van der Waals surface area (Å²) in [6, 6.07) is 5.04. The molecule has 1 aromatic carbocycles. The third-order valence-electron chi connectivity index (χ3n) is 3.13. The number of nitrogens with zero attached hydrogens (tertiary/aromatic N) is 1. The van der Waals surface area contributed by atoms with Crippen LogP contribution in [0, 0.1) is 6.92 Å². The number of hydrogen-bond donors (Lipinski definition) is 2. The van der Waals surface area contributed by atoms with E-state index in [1.165, 1.54) is 11.0 Å². The normalized spacial score (nSPS) is 14.0. The Kier molecular flexibility index (Phi) is 3.74. The number of amides is 2. The van der Waals surface area contributed by atoms with Gasteiger partial charge in [-0.2, -0.15) is 0 Å². The summed E-state index contributed by atoms with van der Waals surface area (Å²) in [5.74, 6) is -0.336. The molecule has 5 nitrogen and oxygen atoms in total. The lowest BCUT2D eigenvalue weighted by molar-refractivity contribution is -0.121. The lowest BCUT2D eigenvalue weighted by Crippen LogP contribution is -2.39. The Morgan fingerprint density at radius 2 is 2.11 bits per heavy atom. The summed E-state index contributed by atoms with van der Waals surface area (Å²) >= 11 is 0. The van der Waals surface area contributed by atoms with E-state index in [0.29, 0.717) is 17.2 Å². The van der Waals surface area contributed by atoms with Crippen LogP contribution in [0.25, 0.3) is 0 Å². The quantitative estimate of drug-likeness (QED) is 0.852. The second-order valence-corrected chi connectivity index (χ2v) is 5.00. The van der Waals surface area contributed by atoms with Crippen LogP contribution in [-0.4, -0.2) is 41.5 Å². The maximum Gasteiger partial charge on any atom is 0.254 e. The summed E-state index contributed by atoms with van der Waals surface area (Å²) in [5, 5.41) is 12.4. The molecule has 1 saturated carbocycles. The van der Waals surface area contributed by atoms with E-state index in [2.05, 4.69) is 5.32 Å². The summed E-state index contributed by atoms with van der Waals surface area (Å²) < 4.78 is 0. The number of rotatable bonds is 4. The Balaban J connectivity index is 1.97. The molecule has 5 heteroatoms. The number of carbonyl (C=O) groups is 2. The molecule has 0 saturated heterocycles. The van der Waals surface area contributed by atoms with E-state index in [0.717, 1.165) is 12.8 Å². The van der Waals surface area contributed by atoms with E-state index < -0.39 is 0 Å². The average Bonchev–Trinajstić information content (AvgIpc) is 3.15. The van der Waals surface area contributed by atoms with Gasteiger partial charge >= 0.3 is 0 Å². The number of phenolic OH excluding ortho intramolecular Hbond substituents is 1. The van der Waals surface area contributed by atoms with E-state index in [1.54, 1.807) is 26.1 Å². The highest BCUT2D eigenvalue weighted by atomic mass is 16.3. The van der Waals surface area contributed by atoms with Gasteiger partial charge in [-0.15, -0.1) is 0 Å². The molecular formula is C14H18N2O3. The van der Waals surface area contributed by atoms with E-state index in [9.17, 15) is 14.7 Å². The number of phenols is 1. The molecular weight excluding hydrogens is 244 g/mol. The van der Waals surface area contributed by atoms with Gasteiger partial charge in [-0.1, -0.05) is 6.07 Å². The number of aryl methyl sites for hydroxylation is 1. The molecule has 2 amide bonds. The zero-order chi connectivity index (χ0) is 14.0. The van der Waals surface area contributed by atoms with Gasteiger partial charge in [0.25, 0.3) is 5.91 Å². The first kappa shape index (κ1) is 13.4. The third kappa shape index (κ3) is 3.47. The fraction of sp³-hybridized carbons (Fsp3) is 0.429. The number of nitrogens with one attached hydrogen (secondary N) is 1. The predicted octanol–water partition coefficient (Wildman–Crippen LogP) is 1.05. The van der Waals surface area contributed by atoms with Gasteiger partial charge in [0.1, 0.15) is 5.75 Å². The maximum absolute atomic E-state index is 12.1. The molecule has 0 bridgehead atoms. The molecule has 0 heterocycles. The van der Waals surface area contributed by atoms with E-state index in [1.807, 2.05) is 0 Å². The van der Waals surface area contributed by atoms with Crippen molar-refractivity contribution in [2.45, 2.75) is 25.8 Å². The van der Waals surface area contributed by atoms with Gasteiger partial charge in [0, 0.05) is 18.7 Å². The number of carbonyl (C=O) groups excluding carboxylic acids is 2. The van der Waals surface area contributed by atoms with Crippen LogP contribution >= 0.6 is 0 Å². The van der Waals surface area contributed by atoms with Crippen molar-refractivity contribution in [2.24, 2.45) is 0 Å². The van der Waals surface area contributed by atoms with Crippen molar-refractivity contribution in [1.29, 1.82) is 0 Å². The standard InChI is InChI=1S/C14H18N2O3/c1-9-3-4-10(7-12(9)17)14(19)16(2)8-13(18)15-11-5-6-11/h3-4,7,11,17H,5-6,8H2,1-2H3,(H,15,18).